The number of nitrogen functional groups attached to an aromatic ring is 1. The predicted molar refractivity (Wildman–Crippen MR) is 131 cm³/mol. The Bertz CT molecular complexity index is 1300. The molecule has 8 nitrogen and oxygen atoms in total. The number of non-ortho nitro benzene ring substituents is 1. The first-order valence-corrected chi connectivity index (χ1v) is 11.2. The van der Waals surface area contributed by atoms with E-state index in [0.29, 0.717) is 22.5 Å². The highest BCUT2D eigenvalue weighted by molar-refractivity contribution is 8.00. The lowest BCUT2D eigenvalue weighted by Gasteiger charge is -2.15. The molecule has 0 radical (unpaired) electrons. The third kappa shape index (κ3) is 5.05. The highest BCUT2D eigenvalue weighted by Crippen LogP contribution is 2.34. The van der Waals surface area contributed by atoms with Crippen molar-refractivity contribution in [3.05, 3.63) is 100 Å². The predicted octanol–water partition coefficient (Wildman–Crippen LogP) is 4.50. The van der Waals surface area contributed by atoms with Crippen LogP contribution in [0.5, 0.6) is 0 Å². The highest BCUT2D eigenvalue weighted by Gasteiger charge is 2.40. The minimum absolute atomic E-state index is 0.0291. The van der Waals surface area contributed by atoms with Gasteiger partial charge in [-0.05, 0) is 66.2 Å². The maximum atomic E-state index is 12.9. The summed E-state index contributed by atoms with van der Waals surface area (Å²) in [7, 11) is 0. The molecule has 2 amide bonds. The molecule has 1 heterocycles. The number of ketones is 1. The number of thioether (sulfide) groups is 1. The van der Waals surface area contributed by atoms with E-state index in [-0.39, 0.29) is 29.7 Å². The summed E-state index contributed by atoms with van der Waals surface area (Å²) in [4.78, 5) is 50.1. The zero-order valence-electron chi connectivity index (χ0n) is 17.8. The average molecular weight is 474 g/mol. The molecule has 1 unspecified atom stereocenters. The fourth-order valence-electron chi connectivity index (χ4n) is 3.47. The monoisotopic (exact) mass is 473 g/mol. The van der Waals surface area contributed by atoms with Crippen LogP contribution in [0.2, 0.25) is 0 Å². The van der Waals surface area contributed by atoms with Crippen LogP contribution in [-0.2, 0) is 9.59 Å². The van der Waals surface area contributed by atoms with Crippen LogP contribution in [0.25, 0.3) is 6.08 Å². The summed E-state index contributed by atoms with van der Waals surface area (Å²) in [5.41, 5.74) is 7.78. The fourth-order valence-corrected chi connectivity index (χ4v) is 4.59. The van der Waals surface area contributed by atoms with Crippen LogP contribution in [0, 0.1) is 10.1 Å². The second-order valence-electron chi connectivity index (χ2n) is 7.54. The van der Waals surface area contributed by atoms with Gasteiger partial charge in [-0.25, -0.2) is 4.90 Å². The summed E-state index contributed by atoms with van der Waals surface area (Å²) in [6.07, 6.45) is 3.00. The van der Waals surface area contributed by atoms with Crippen molar-refractivity contribution in [1.82, 2.24) is 0 Å². The normalized spacial score (nSPS) is 15.8. The summed E-state index contributed by atoms with van der Waals surface area (Å²) < 4.78 is 0. The highest BCUT2D eigenvalue weighted by atomic mass is 32.2. The first-order chi connectivity index (χ1) is 16.3. The van der Waals surface area contributed by atoms with E-state index in [0.717, 1.165) is 9.80 Å². The molecule has 2 N–H and O–H groups in total. The lowest BCUT2D eigenvalue weighted by molar-refractivity contribution is -0.384. The number of anilines is 2. The molecular formula is C25H19N3O5S. The van der Waals surface area contributed by atoms with Gasteiger partial charge in [-0.1, -0.05) is 12.1 Å². The quantitative estimate of drug-likeness (QED) is 0.134. The Kier molecular flexibility index (Phi) is 6.55. The summed E-state index contributed by atoms with van der Waals surface area (Å²) >= 11 is 1.30. The number of amides is 2. The van der Waals surface area contributed by atoms with Gasteiger partial charge in [-0.2, -0.15) is 0 Å². The number of nitrogens with zero attached hydrogens (tertiary/aromatic N) is 2. The van der Waals surface area contributed by atoms with E-state index < -0.39 is 10.2 Å². The molecule has 0 bridgehead atoms. The van der Waals surface area contributed by atoms with Crippen LogP contribution in [-0.4, -0.2) is 27.8 Å². The first-order valence-electron chi connectivity index (χ1n) is 10.3. The van der Waals surface area contributed by atoms with Crippen molar-refractivity contribution in [3.63, 3.8) is 0 Å². The zero-order chi connectivity index (χ0) is 24.2. The number of imide groups is 1. The molecule has 170 valence electrons. The van der Waals surface area contributed by atoms with Crippen LogP contribution in [0.3, 0.4) is 0 Å². The molecule has 1 fully saturated rings. The van der Waals surface area contributed by atoms with Gasteiger partial charge in [0.05, 0.1) is 15.9 Å². The SMILES string of the molecule is Nc1cccc(SC2CC(=O)N(c3ccc(C(=O)/C=C/c4ccc([N+](=O)[O-])cc4)cc3)C2=O)c1. The average Bonchev–Trinajstić information content (AvgIpc) is 3.10. The van der Waals surface area contributed by atoms with Crippen LogP contribution in [0.15, 0.2) is 83.8 Å². The van der Waals surface area contributed by atoms with Gasteiger partial charge in [0, 0.05) is 34.7 Å². The van der Waals surface area contributed by atoms with Crippen LogP contribution >= 0.6 is 11.8 Å². The molecule has 1 saturated heterocycles. The molecule has 3 aromatic rings. The standard InChI is InChI=1S/C25H19N3O5S/c26-18-2-1-3-21(14-18)34-23-15-24(30)27(25(23)31)19-11-7-17(8-12-19)22(29)13-6-16-4-9-20(10-5-16)28(32)33/h1-14,23H,15,26H2/b13-6+. The second kappa shape index (κ2) is 9.72. The molecular weight excluding hydrogens is 454 g/mol. The topological polar surface area (TPSA) is 124 Å². The third-order valence-corrected chi connectivity index (χ3v) is 6.36. The van der Waals surface area contributed by atoms with E-state index in [1.807, 2.05) is 6.07 Å². The number of nitro benzene ring substituents is 1. The molecule has 0 aliphatic carbocycles. The summed E-state index contributed by atoms with van der Waals surface area (Å²) in [6.45, 7) is 0. The van der Waals surface area contributed by atoms with Crippen molar-refractivity contribution in [2.45, 2.75) is 16.6 Å². The van der Waals surface area contributed by atoms with E-state index in [4.69, 9.17) is 5.73 Å². The maximum absolute atomic E-state index is 12.9. The molecule has 3 aromatic carbocycles. The van der Waals surface area contributed by atoms with Crippen molar-refractivity contribution in [2.24, 2.45) is 0 Å². The summed E-state index contributed by atoms with van der Waals surface area (Å²) in [5, 5.41) is 10.2. The number of carbonyl (C=O) groups excluding carboxylic acids is 3. The number of benzene rings is 3. The number of carbonyl (C=O) groups is 3. The molecule has 1 aliphatic heterocycles. The summed E-state index contributed by atoms with van der Waals surface area (Å²) in [6, 6.07) is 19.2. The molecule has 0 saturated carbocycles. The molecule has 1 aliphatic rings. The Morgan fingerprint density at radius 1 is 1.06 bits per heavy atom. The maximum Gasteiger partial charge on any atom is 0.269 e. The fraction of sp³-hybridized carbons (Fsp3) is 0.0800. The number of rotatable bonds is 7. The number of hydrogen-bond donors (Lipinski definition) is 1. The van der Waals surface area contributed by atoms with E-state index in [1.54, 1.807) is 60.7 Å². The smallest absolute Gasteiger partial charge is 0.269 e. The second-order valence-corrected chi connectivity index (χ2v) is 8.82. The first kappa shape index (κ1) is 22.9. The number of nitrogens with two attached hydrogens (primary N) is 1. The number of allylic oxidation sites excluding steroid dienone is 1. The van der Waals surface area contributed by atoms with Crippen molar-refractivity contribution >= 4 is 52.5 Å². The van der Waals surface area contributed by atoms with Gasteiger partial charge < -0.3 is 5.73 Å². The third-order valence-electron chi connectivity index (χ3n) is 5.18. The zero-order valence-corrected chi connectivity index (χ0v) is 18.6. The van der Waals surface area contributed by atoms with Gasteiger partial charge in [0.15, 0.2) is 5.78 Å². The Balaban J connectivity index is 1.43. The largest absolute Gasteiger partial charge is 0.399 e. The van der Waals surface area contributed by atoms with Gasteiger partial charge in [-0.3, -0.25) is 24.5 Å². The van der Waals surface area contributed by atoms with Gasteiger partial charge in [-0.15, -0.1) is 11.8 Å². The van der Waals surface area contributed by atoms with Gasteiger partial charge in [0.1, 0.15) is 0 Å². The minimum atomic E-state index is -0.541. The van der Waals surface area contributed by atoms with Gasteiger partial charge >= 0.3 is 0 Å². The Morgan fingerprint density at radius 3 is 2.41 bits per heavy atom. The minimum Gasteiger partial charge on any atom is -0.399 e. The van der Waals surface area contributed by atoms with E-state index >= 15 is 0 Å². The van der Waals surface area contributed by atoms with E-state index in [1.165, 1.54) is 30.0 Å². The number of nitro groups is 1. The lowest BCUT2D eigenvalue weighted by Crippen LogP contribution is -2.31. The molecule has 4 rings (SSSR count). The van der Waals surface area contributed by atoms with Crippen LogP contribution in [0.1, 0.15) is 22.3 Å². The Labute approximate surface area is 199 Å². The molecule has 1 atom stereocenters. The van der Waals surface area contributed by atoms with Gasteiger partial charge in [0.25, 0.3) is 5.69 Å². The molecule has 0 aromatic heterocycles. The van der Waals surface area contributed by atoms with Crippen molar-refractivity contribution in [2.75, 3.05) is 10.6 Å². The molecule has 9 heteroatoms. The van der Waals surface area contributed by atoms with E-state index in [9.17, 15) is 24.5 Å². The molecule has 0 spiro atoms. The van der Waals surface area contributed by atoms with Crippen molar-refractivity contribution < 1.29 is 19.3 Å². The van der Waals surface area contributed by atoms with Crippen molar-refractivity contribution in [1.29, 1.82) is 0 Å². The van der Waals surface area contributed by atoms with Gasteiger partial charge in [0.2, 0.25) is 11.8 Å². The summed E-state index contributed by atoms with van der Waals surface area (Å²) in [5.74, 6) is -0.891. The molecule has 34 heavy (non-hydrogen) atoms. The van der Waals surface area contributed by atoms with E-state index in [2.05, 4.69) is 0 Å². The lowest BCUT2D eigenvalue weighted by atomic mass is 10.1. The van der Waals surface area contributed by atoms with Crippen LogP contribution in [0.4, 0.5) is 17.1 Å². The van der Waals surface area contributed by atoms with Crippen molar-refractivity contribution in [3.8, 4) is 0 Å². The van der Waals surface area contributed by atoms with Crippen LogP contribution < -0.4 is 10.6 Å². The number of hydrogen-bond acceptors (Lipinski definition) is 7. The Hall–Kier alpha value is -4.24. The Morgan fingerprint density at radius 2 is 1.76 bits per heavy atom.